The van der Waals surface area contributed by atoms with Crippen LogP contribution in [0.5, 0.6) is 0 Å². The van der Waals surface area contributed by atoms with E-state index >= 15 is 0 Å². The maximum absolute atomic E-state index is 13.6. The predicted octanol–water partition coefficient (Wildman–Crippen LogP) is 13.7. The molecule has 9 aromatic carbocycles. The molecule has 0 spiro atoms. The van der Waals surface area contributed by atoms with E-state index in [1.165, 1.54) is 44.5 Å². The van der Waals surface area contributed by atoms with Crippen LogP contribution in [0.3, 0.4) is 0 Å². The van der Waals surface area contributed by atoms with Gasteiger partial charge in [0.25, 0.3) is 23.6 Å². The third-order valence-corrected chi connectivity index (χ3v) is 16.9. The van der Waals surface area contributed by atoms with E-state index in [4.69, 9.17) is 0 Å². The van der Waals surface area contributed by atoms with Crippen molar-refractivity contribution in [3.05, 3.63) is 342 Å². The highest BCUT2D eigenvalue weighted by Crippen LogP contribution is 2.39. The van der Waals surface area contributed by atoms with Gasteiger partial charge in [0.1, 0.15) is 0 Å². The van der Waals surface area contributed by atoms with E-state index in [2.05, 4.69) is 157 Å². The molecule has 4 aliphatic heterocycles. The van der Waals surface area contributed by atoms with E-state index in [1.54, 1.807) is 48.5 Å². The van der Waals surface area contributed by atoms with Crippen LogP contribution in [0.25, 0.3) is 5.57 Å². The fourth-order valence-corrected chi connectivity index (χ4v) is 11.6. The highest BCUT2D eigenvalue weighted by Gasteiger charge is 2.31. The molecule has 12 heteroatoms. The van der Waals surface area contributed by atoms with Gasteiger partial charge in [0, 0.05) is 107 Å². The Morgan fingerprint density at radius 3 is 1.27 bits per heavy atom. The zero-order valence-electron chi connectivity index (χ0n) is 52.5. The van der Waals surface area contributed by atoms with Crippen LogP contribution < -0.4 is 31.3 Å². The summed E-state index contributed by atoms with van der Waals surface area (Å²) in [7, 11) is 0. The Balaban J connectivity index is 0.000000195. The maximum atomic E-state index is 13.6. The SMILES string of the molecule is Cc1ccc(N(Cc2ccccc2C)c2ccc(C3=C([O-])C(=C4C=CC(=[N+](Cc5ccccc5C)c5ccc(C)cc5C)C=C4)C3=O)cc2)c(C)c1.O=C1NCc2ccc(cc2)CNC(=O)c2cccc(c2)C(=O)NCc2ccc(cc2)CNC(=O)c2cccc1c2. The summed E-state index contributed by atoms with van der Waals surface area (Å²) in [4.78, 5) is 66.9. The van der Waals surface area contributed by atoms with Gasteiger partial charge >= 0.3 is 0 Å². The van der Waals surface area contributed by atoms with Gasteiger partial charge in [-0.1, -0.05) is 156 Å². The summed E-state index contributed by atoms with van der Waals surface area (Å²) in [5, 5.41) is 25.2. The summed E-state index contributed by atoms with van der Waals surface area (Å²) < 4.78 is 2.30. The van der Waals surface area contributed by atoms with E-state index < -0.39 is 0 Å². The normalized spacial score (nSPS) is 14.2. The number of aryl methyl sites for hydroxylation is 6. The standard InChI is InChI=1S/C48H44N2O2.C32H28N4O4/c1-31-15-25-43(35(5)27-31)49(29-39-13-9-7-11-33(39)3)41-21-17-37(18-22-41)45-47(51)46(48(45)52)38-19-23-42(24-20-38)50(30-40-14-10-8-12-34(40)4)44-26-16-32(2)28-36(44)6;37-29-25-3-1-4-26(15-25)30(38)34-18-22-9-13-24(14-10-22)20-36-32(40)28-6-2-5-27(16-28)31(39)35-19-23-11-7-21(8-12-23)17-33-29/h7-28H,29-30H2,1-6H3;1-16H,17-20H2,(H,33,37)(H,34,38)(H,35,39)(H,36,40). The van der Waals surface area contributed by atoms with Gasteiger partial charge < -0.3 is 31.3 Å². The summed E-state index contributed by atoms with van der Waals surface area (Å²) in [6.07, 6.45) is 7.84. The maximum Gasteiger partial charge on any atom is 0.251 e. The lowest BCUT2D eigenvalue weighted by Crippen LogP contribution is -2.30. The second-order valence-corrected chi connectivity index (χ2v) is 23.6. The third kappa shape index (κ3) is 14.6. The Labute approximate surface area is 537 Å². The highest BCUT2D eigenvalue weighted by molar-refractivity contribution is 6.39. The number of amides is 4. The quantitative estimate of drug-likeness (QED) is 0.0869. The second kappa shape index (κ2) is 28.1. The molecule has 0 atom stereocenters. The summed E-state index contributed by atoms with van der Waals surface area (Å²) in [6, 6.07) is 66.0. The monoisotopic (exact) mass is 1210 g/mol. The van der Waals surface area contributed by atoms with E-state index in [0.29, 0.717) is 72.7 Å². The van der Waals surface area contributed by atoms with Crippen molar-refractivity contribution in [3.63, 3.8) is 0 Å². The number of hydrogen-bond donors (Lipinski definition) is 4. The number of allylic oxidation sites excluding steroid dienone is 7. The average Bonchev–Trinajstić information content (AvgIpc) is 0.750. The van der Waals surface area contributed by atoms with E-state index in [0.717, 1.165) is 45.0 Å². The van der Waals surface area contributed by atoms with Crippen molar-refractivity contribution in [1.82, 2.24) is 21.3 Å². The Bertz CT molecular complexity index is 4270. The van der Waals surface area contributed by atoms with Gasteiger partial charge in [0.15, 0.2) is 12.3 Å². The van der Waals surface area contributed by atoms with E-state index in [-0.39, 0.29) is 46.3 Å². The number of rotatable bonds is 8. The van der Waals surface area contributed by atoms with Crippen molar-refractivity contribution in [3.8, 4) is 0 Å². The van der Waals surface area contributed by atoms with Crippen LogP contribution in [0, 0.1) is 41.5 Å². The van der Waals surface area contributed by atoms with Gasteiger partial charge in [-0.2, -0.15) is 4.58 Å². The first-order valence-electron chi connectivity index (χ1n) is 30.8. The number of nitrogens with zero attached hydrogens (tertiary/aromatic N) is 2. The first-order valence-corrected chi connectivity index (χ1v) is 30.8. The number of nitrogens with one attached hydrogen (secondary N) is 4. The Morgan fingerprint density at radius 2 is 0.837 bits per heavy atom. The molecular formula is C80H72N6O6. The molecule has 458 valence electrons. The summed E-state index contributed by atoms with van der Waals surface area (Å²) >= 11 is 0. The molecule has 4 amide bonds. The topological polar surface area (TPSA) is 163 Å². The average molecular weight is 1210 g/mol. The minimum atomic E-state index is -0.280. The first kappa shape index (κ1) is 62.4. The fourth-order valence-electron chi connectivity index (χ4n) is 11.6. The first-order chi connectivity index (χ1) is 44.5. The van der Waals surface area contributed by atoms with Crippen molar-refractivity contribution in [2.45, 2.75) is 80.8 Å². The molecule has 0 unspecified atom stereocenters. The van der Waals surface area contributed by atoms with Crippen molar-refractivity contribution in [2.24, 2.45) is 0 Å². The lowest BCUT2D eigenvalue weighted by Gasteiger charge is -2.33. The molecule has 92 heavy (non-hydrogen) atoms. The third-order valence-electron chi connectivity index (χ3n) is 16.9. The van der Waals surface area contributed by atoms with Crippen molar-refractivity contribution in [1.29, 1.82) is 0 Å². The van der Waals surface area contributed by atoms with Gasteiger partial charge in [-0.05, 0) is 170 Å². The number of ketones is 1. The van der Waals surface area contributed by atoms with Gasteiger partial charge in [-0.3, -0.25) is 24.0 Å². The number of Topliss-reactive ketones (excluding diaryl/α,β-unsaturated/α-hetero) is 1. The Morgan fingerprint density at radius 1 is 0.402 bits per heavy atom. The van der Waals surface area contributed by atoms with Gasteiger partial charge in [0.05, 0.1) is 0 Å². The lowest BCUT2D eigenvalue weighted by molar-refractivity contribution is -0.457. The lowest BCUT2D eigenvalue weighted by atomic mass is 9.80. The molecule has 12 nitrogen and oxygen atoms in total. The van der Waals surface area contributed by atoms with E-state index in [9.17, 15) is 29.1 Å². The molecular weight excluding hydrogens is 1140 g/mol. The molecule has 0 saturated carbocycles. The zero-order valence-corrected chi connectivity index (χ0v) is 52.5. The summed E-state index contributed by atoms with van der Waals surface area (Å²) in [5.74, 6) is -1.53. The highest BCUT2D eigenvalue weighted by atomic mass is 16.3. The molecule has 6 aliphatic rings. The summed E-state index contributed by atoms with van der Waals surface area (Å²) in [5.41, 5.74) is 20.9. The van der Waals surface area contributed by atoms with Crippen molar-refractivity contribution in [2.75, 3.05) is 4.90 Å². The number of benzene rings is 9. The van der Waals surface area contributed by atoms with Gasteiger partial charge in [-0.25, -0.2) is 0 Å². The van der Waals surface area contributed by atoms with Crippen LogP contribution in [0.1, 0.15) is 114 Å². The molecule has 4 heterocycles. The van der Waals surface area contributed by atoms with Crippen LogP contribution >= 0.6 is 0 Å². The number of carbonyl (C=O) groups excluding carboxylic acids is 5. The van der Waals surface area contributed by atoms with Crippen molar-refractivity contribution < 1.29 is 33.7 Å². The molecule has 0 radical (unpaired) electrons. The Kier molecular flexibility index (Phi) is 19.0. The minimum absolute atomic E-state index is 0.206. The molecule has 15 rings (SSSR count). The number of anilines is 2. The van der Waals surface area contributed by atoms with E-state index in [1.807, 2.05) is 97.1 Å². The minimum Gasteiger partial charge on any atom is -0.871 e. The summed E-state index contributed by atoms with van der Waals surface area (Å²) in [6.45, 7) is 15.4. The molecule has 4 N–H and O–H groups in total. The Hall–Kier alpha value is -11.2. The molecule has 0 aromatic heterocycles. The van der Waals surface area contributed by atoms with Crippen LogP contribution in [0.4, 0.5) is 17.1 Å². The van der Waals surface area contributed by atoms with Crippen LogP contribution in [0.2, 0.25) is 0 Å². The number of hydrogen-bond acceptors (Lipinski definition) is 7. The van der Waals surface area contributed by atoms with Crippen LogP contribution in [0.15, 0.2) is 247 Å². The largest absolute Gasteiger partial charge is 0.871 e. The van der Waals surface area contributed by atoms with Crippen molar-refractivity contribution >= 4 is 57.8 Å². The second-order valence-electron chi connectivity index (χ2n) is 23.6. The molecule has 0 saturated heterocycles. The molecule has 2 aliphatic carbocycles. The molecule has 0 fully saturated rings. The van der Waals surface area contributed by atoms with Gasteiger partial charge in [0.2, 0.25) is 11.4 Å². The van der Waals surface area contributed by atoms with Gasteiger partial charge in [-0.15, -0.1) is 0 Å². The molecule has 9 aromatic rings. The number of carbonyl (C=O) groups is 5. The molecule has 8 bridgehead atoms. The van der Waals surface area contributed by atoms with Crippen LogP contribution in [-0.2, 0) is 44.1 Å². The smallest absolute Gasteiger partial charge is 0.251 e. The van der Waals surface area contributed by atoms with Crippen LogP contribution in [-0.4, -0.2) is 39.7 Å². The zero-order chi connectivity index (χ0) is 64.4. The fraction of sp³-hybridized carbons (Fsp3) is 0.150. The predicted molar refractivity (Wildman–Crippen MR) is 363 cm³/mol.